The van der Waals surface area contributed by atoms with Crippen LogP contribution in [0.3, 0.4) is 0 Å². The third-order valence-electron chi connectivity index (χ3n) is 5.53. The lowest BCUT2D eigenvalue weighted by molar-refractivity contribution is -0.137. The summed E-state index contributed by atoms with van der Waals surface area (Å²) in [5, 5.41) is 2.67. The van der Waals surface area contributed by atoms with Crippen molar-refractivity contribution in [1.29, 1.82) is 0 Å². The minimum Gasteiger partial charge on any atom is -0.376 e. The molecule has 1 N–H and O–H groups in total. The number of para-hydroxylation sites is 1. The zero-order chi connectivity index (χ0) is 19.4. The minimum atomic E-state index is -4.44. The summed E-state index contributed by atoms with van der Waals surface area (Å²) in [4.78, 5) is 18.9. The summed E-state index contributed by atoms with van der Waals surface area (Å²) < 4.78 is 39.1. The number of anilines is 1. The molecule has 2 fully saturated rings. The molecule has 0 radical (unpaired) electrons. The van der Waals surface area contributed by atoms with Crippen LogP contribution in [0.15, 0.2) is 24.3 Å². The SMILES string of the molecule is CN1CCC(N2CCN(C(=O)CNc3ccccc3C(F)(F)F)CC2)CC1. The molecule has 0 unspecified atom stereocenters. The average molecular weight is 384 g/mol. The summed E-state index contributed by atoms with van der Waals surface area (Å²) in [5.41, 5.74) is -0.798. The fourth-order valence-corrected chi connectivity index (χ4v) is 3.86. The fourth-order valence-electron chi connectivity index (χ4n) is 3.86. The summed E-state index contributed by atoms with van der Waals surface area (Å²) in [6, 6.07) is 5.83. The number of halogens is 3. The maximum Gasteiger partial charge on any atom is 0.418 e. The number of hydrogen-bond donors (Lipinski definition) is 1. The number of amides is 1. The molecular formula is C19H27F3N4O. The van der Waals surface area contributed by atoms with E-state index in [4.69, 9.17) is 0 Å². The van der Waals surface area contributed by atoms with Crippen LogP contribution in [0, 0.1) is 0 Å². The maximum atomic E-state index is 13.0. The number of benzene rings is 1. The Hall–Kier alpha value is -1.80. The monoisotopic (exact) mass is 384 g/mol. The summed E-state index contributed by atoms with van der Waals surface area (Å²) in [6.07, 6.45) is -2.13. The lowest BCUT2D eigenvalue weighted by Gasteiger charge is -2.42. The molecule has 0 atom stereocenters. The van der Waals surface area contributed by atoms with Crippen molar-refractivity contribution in [3.05, 3.63) is 29.8 Å². The van der Waals surface area contributed by atoms with Crippen LogP contribution >= 0.6 is 0 Å². The zero-order valence-electron chi connectivity index (χ0n) is 15.6. The number of rotatable bonds is 4. The highest BCUT2D eigenvalue weighted by Gasteiger charge is 2.33. The number of likely N-dealkylation sites (tertiary alicyclic amines) is 1. The molecule has 0 aromatic heterocycles. The molecule has 0 bridgehead atoms. The van der Waals surface area contributed by atoms with Crippen molar-refractivity contribution in [1.82, 2.24) is 14.7 Å². The van der Waals surface area contributed by atoms with Crippen molar-refractivity contribution in [3.8, 4) is 0 Å². The maximum absolute atomic E-state index is 13.0. The van der Waals surface area contributed by atoms with Crippen LogP contribution in [0.1, 0.15) is 18.4 Å². The molecule has 3 rings (SSSR count). The van der Waals surface area contributed by atoms with Crippen LogP contribution < -0.4 is 5.32 Å². The van der Waals surface area contributed by atoms with E-state index in [1.54, 1.807) is 4.90 Å². The van der Waals surface area contributed by atoms with E-state index in [1.807, 2.05) is 0 Å². The minimum absolute atomic E-state index is 0.0525. The number of piperazine rings is 1. The highest BCUT2D eigenvalue weighted by molar-refractivity contribution is 5.81. The van der Waals surface area contributed by atoms with Gasteiger partial charge in [0.1, 0.15) is 0 Å². The van der Waals surface area contributed by atoms with Crippen LogP contribution in [0.2, 0.25) is 0 Å². The quantitative estimate of drug-likeness (QED) is 0.865. The molecule has 1 aromatic rings. The van der Waals surface area contributed by atoms with Gasteiger partial charge in [0.25, 0.3) is 0 Å². The van der Waals surface area contributed by atoms with Crippen molar-refractivity contribution >= 4 is 11.6 Å². The molecular weight excluding hydrogens is 357 g/mol. The molecule has 2 aliphatic rings. The van der Waals surface area contributed by atoms with E-state index in [1.165, 1.54) is 18.2 Å². The van der Waals surface area contributed by atoms with Gasteiger partial charge in [-0.25, -0.2) is 0 Å². The zero-order valence-corrected chi connectivity index (χ0v) is 15.6. The third-order valence-corrected chi connectivity index (χ3v) is 5.53. The van der Waals surface area contributed by atoms with E-state index in [9.17, 15) is 18.0 Å². The highest BCUT2D eigenvalue weighted by atomic mass is 19.4. The number of hydrogen-bond acceptors (Lipinski definition) is 4. The van der Waals surface area contributed by atoms with E-state index >= 15 is 0 Å². The second kappa shape index (κ2) is 8.48. The normalized spacial score (nSPS) is 20.7. The number of carbonyl (C=O) groups excluding carboxylic acids is 1. The fraction of sp³-hybridized carbons (Fsp3) is 0.632. The van der Waals surface area contributed by atoms with Gasteiger partial charge in [0, 0.05) is 37.9 Å². The van der Waals surface area contributed by atoms with Crippen LogP contribution in [0.5, 0.6) is 0 Å². The predicted octanol–water partition coefficient (Wildman–Crippen LogP) is 2.36. The Labute approximate surface area is 158 Å². The standard InChI is InChI=1S/C19H27F3N4O/c1-24-8-6-15(7-9-24)25-10-12-26(13-11-25)18(27)14-23-17-5-3-2-4-16(17)19(20,21)22/h2-5,15,23H,6-14H2,1H3. The van der Waals surface area contributed by atoms with Crippen LogP contribution in [0.25, 0.3) is 0 Å². The molecule has 27 heavy (non-hydrogen) atoms. The molecule has 150 valence electrons. The van der Waals surface area contributed by atoms with Gasteiger partial charge >= 0.3 is 6.18 Å². The first-order valence-electron chi connectivity index (χ1n) is 9.45. The molecule has 5 nitrogen and oxygen atoms in total. The summed E-state index contributed by atoms with van der Waals surface area (Å²) in [7, 11) is 2.14. The Kier molecular flexibility index (Phi) is 6.26. The number of carbonyl (C=O) groups is 1. The lowest BCUT2D eigenvalue weighted by atomic mass is 10.0. The van der Waals surface area contributed by atoms with Gasteiger partial charge in [-0.05, 0) is 45.1 Å². The van der Waals surface area contributed by atoms with E-state index < -0.39 is 11.7 Å². The van der Waals surface area contributed by atoms with Gasteiger partial charge in [0.15, 0.2) is 0 Å². The van der Waals surface area contributed by atoms with Gasteiger partial charge in [-0.2, -0.15) is 13.2 Å². The van der Waals surface area contributed by atoms with Gasteiger partial charge in [-0.15, -0.1) is 0 Å². The van der Waals surface area contributed by atoms with Crippen molar-refractivity contribution in [3.63, 3.8) is 0 Å². The smallest absolute Gasteiger partial charge is 0.376 e. The second-order valence-corrected chi connectivity index (χ2v) is 7.35. The van der Waals surface area contributed by atoms with Crippen LogP contribution in [-0.4, -0.2) is 79.5 Å². The van der Waals surface area contributed by atoms with E-state index in [2.05, 4.69) is 22.2 Å². The van der Waals surface area contributed by atoms with Gasteiger partial charge in [-0.3, -0.25) is 9.69 Å². The molecule has 0 spiro atoms. The van der Waals surface area contributed by atoms with Gasteiger partial charge in [0.2, 0.25) is 5.91 Å². The summed E-state index contributed by atoms with van der Waals surface area (Å²) in [5.74, 6) is -0.157. The number of alkyl halides is 3. The van der Waals surface area contributed by atoms with Crippen molar-refractivity contribution in [2.75, 3.05) is 58.2 Å². The summed E-state index contributed by atoms with van der Waals surface area (Å²) in [6.45, 7) is 5.01. The van der Waals surface area contributed by atoms with Gasteiger partial charge in [0.05, 0.1) is 12.1 Å². The first kappa shape index (κ1) is 19.9. The number of nitrogens with one attached hydrogen (secondary N) is 1. The topological polar surface area (TPSA) is 38.8 Å². The summed E-state index contributed by atoms with van der Waals surface area (Å²) >= 11 is 0. The molecule has 1 aromatic carbocycles. The average Bonchev–Trinajstić information content (AvgIpc) is 2.66. The lowest BCUT2D eigenvalue weighted by Crippen LogP contribution is -2.54. The van der Waals surface area contributed by atoms with Crippen molar-refractivity contribution in [2.24, 2.45) is 0 Å². The van der Waals surface area contributed by atoms with Gasteiger partial charge < -0.3 is 15.1 Å². The number of nitrogens with zero attached hydrogens (tertiary/aromatic N) is 3. The van der Waals surface area contributed by atoms with E-state index in [0.717, 1.165) is 45.1 Å². The largest absolute Gasteiger partial charge is 0.418 e. The van der Waals surface area contributed by atoms with Crippen molar-refractivity contribution < 1.29 is 18.0 Å². The third kappa shape index (κ3) is 5.13. The Morgan fingerprint density at radius 1 is 1.07 bits per heavy atom. The van der Waals surface area contributed by atoms with E-state index in [0.29, 0.717) is 19.1 Å². The highest BCUT2D eigenvalue weighted by Crippen LogP contribution is 2.34. The molecule has 0 saturated carbocycles. The predicted molar refractivity (Wildman–Crippen MR) is 98.6 cm³/mol. The Bertz CT molecular complexity index is 636. The van der Waals surface area contributed by atoms with Crippen molar-refractivity contribution in [2.45, 2.75) is 25.1 Å². The first-order chi connectivity index (χ1) is 12.8. The Morgan fingerprint density at radius 3 is 2.33 bits per heavy atom. The van der Waals surface area contributed by atoms with Gasteiger partial charge in [-0.1, -0.05) is 12.1 Å². The molecule has 2 saturated heterocycles. The molecule has 1 amide bonds. The second-order valence-electron chi connectivity index (χ2n) is 7.35. The molecule has 2 heterocycles. The van der Waals surface area contributed by atoms with E-state index in [-0.39, 0.29) is 18.1 Å². The first-order valence-corrected chi connectivity index (χ1v) is 9.45. The Balaban J connectivity index is 1.48. The molecule has 8 heteroatoms. The molecule has 2 aliphatic heterocycles. The number of piperidine rings is 1. The Morgan fingerprint density at radius 2 is 1.70 bits per heavy atom. The molecule has 0 aliphatic carbocycles. The van der Waals surface area contributed by atoms with Crippen LogP contribution in [0.4, 0.5) is 18.9 Å². The van der Waals surface area contributed by atoms with Crippen LogP contribution in [-0.2, 0) is 11.0 Å².